The number of aromatic nitrogens is 3. The minimum Gasteiger partial charge on any atom is -0.325 e. The number of nitrogens with zero attached hydrogens (tertiary/aromatic N) is 3. The molecule has 0 aliphatic carbocycles. The van der Waals surface area contributed by atoms with Crippen molar-refractivity contribution in [2.45, 2.75) is 33.5 Å². The van der Waals surface area contributed by atoms with E-state index < -0.39 is 11.9 Å². The lowest BCUT2D eigenvalue weighted by Gasteiger charge is -2.07. The number of hydrogen-bond acceptors (Lipinski definition) is 4. The molecule has 0 aliphatic heterocycles. The molecule has 2 aromatic rings. The predicted octanol–water partition coefficient (Wildman–Crippen LogP) is 3.35. The topological polar surface area (TPSA) is 64.7 Å². The molecule has 21 heavy (non-hydrogen) atoms. The summed E-state index contributed by atoms with van der Waals surface area (Å²) in [6.07, 6.45) is -3.30. The third kappa shape index (κ3) is 4.49. The van der Waals surface area contributed by atoms with Gasteiger partial charge in [-0.25, -0.2) is 9.97 Å². The largest absolute Gasteiger partial charge is 0.433 e. The second kappa shape index (κ2) is 7.12. The van der Waals surface area contributed by atoms with Crippen LogP contribution in [0.4, 0.5) is 13.2 Å². The van der Waals surface area contributed by atoms with Crippen molar-refractivity contribution in [3.63, 3.8) is 0 Å². The Balaban J connectivity index is 0.00000106. The Morgan fingerprint density at radius 1 is 1.14 bits per heavy atom. The van der Waals surface area contributed by atoms with Gasteiger partial charge in [-0.05, 0) is 25.1 Å². The molecule has 2 N–H and O–H groups in total. The van der Waals surface area contributed by atoms with Crippen LogP contribution in [-0.4, -0.2) is 15.0 Å². The average molecular weight is 298 g/mol. The van der Waals surface area contributed by atoms with Gasteiger partial charge in [-0.15, -0.1) is 0 Å². The van der Waals surface area contributed by atoms with E-state index in [0.29, 0.717) is 22.8 Å². The highest BCUT2D eigenvalue weighted by Gasteiger charge is 2.32. The van der Waals surface area contributed by atoms with E-state index in [1.54, 1.807) is 13.0 Å². The lowest BCUT2D eigenvalue weighted by atomic mass is 10.1. The third-order valence-electron chi connectivity index (χ3n) is 2.45. The quantitative estimate of drug-likeness (QED) is 0.923. The standard InChI is InChI=1S/C12H11F3N4.C2H6/c1-7-18-9(5-16)4-10(19-7)8-2-3-11(17-6-8)12(13,14)15;1-2/h2-4,6H,5,16H2,1H3;1-2H3. The molecule has 0 fully saturated rings. The summed E-state index contributed by atoms with van der Waals surface area (Å²) in [6.45, 7) is 5.94. The van der Waals surface area contributed by atoms with Crippen LogP contribution in [-0.2, 0) is 12.7 Å². The number of aryl methyl sites for hydroxylation is 1. The van der Waals surface area contributed by atoms with E-state index >= 15 is 0 Å². The zero-order valence-electron chi connectivity index (χ0n) is 12.1. The normalized spacial score (nSPS) is 10.8. The lowest BCUT2D eigenvalue weighted by Crippen LogP contribution is -2.07. The molecule has 0 bridgehead atoms. The summed E-state index contributed by atoms with van der Waals surface area (Å²) < 4.78 is 37.2. The van der Waals surface area contributed by atoms with Crippen LogP contribution in [0.2, 0.25) is 0 Å². The van der Waals surface area contributed by atoms with Crippen molar-refractivity contribution >= 4 is 0 Å². The van der Waals surface area contributed by atoms with E-state index in [2.05, 4.69) is 15.0 Å². The lowest BCUT2D eigenvalue weighted by molar-refractivity contribution is -0.141. The second-order valence-electron chi connectivity index (χ2n) is 3.93. The first-order chi connectivity index (χ1) is 9.90. The summed E-state index contributed by atoms with van der Waals surface area (Å²) in [5.41, 5.74) is 6.19. The highest BCUT2D eigenvalue weighted by Crippen LogP contribution is 2.28. The number of nitrogens with two attached hydrogens (primary N) is 1. The summed E-state index contributed by atoms with van der Waals surface area (Å²) in [5, 5.41) is 0. The Bertz CT molecular complexity index is 580. The second-order valence-corrected chi connectivity index (χ2v) is 3.93. The van der Waals surface area contributed by atoms with E-state index in [1.807, 2.05) is 13.8 Å². The number of pyridine rings is 1. The van der Waals surface area contributed by atoms with Crippen molar-refractivity contribution in [1.82, 2.24) is 15.0 Å². The Hall–Kier alpha value is -2.02. The molecule has 0 saturated carbocycles. The van der Waals surface area contributed by atoms with Gasteiger partial charge >= 0.3 is 6.18 Å². The minimum absolute atomic E-state index is 0.240. The Morgan fingerprint density at radius 3 is 2.29 bits per heavy atom. The Kier molecular flexibility index (Phi) is 5.78. The number of rotatable bonds is 2. The molecule has 0 atom stereocenters. The van der Waals surface area contributed by atoms with E-state index in [1.165, 1.54) is 6.07 Å². The van der Waals surface area contributed by atoms with Gasteiger partial charge in [-0.1, -0.05) is 13.8 Å². The summed E-state index contributed by atoms with van der Waals surface area (Å²) in [4.78, 5) is 11.6. The first-order valence-electron chi connectivity index (χ1n) is 6.48. The number of alkyl halides is 3. The van der Waals surface area contributed by atoms with Gasteiger partial charge in [0.25, 0.3) is 0 Å². The molecular weight excluding hydrogens is 281 g/mol. The van der Waals surface area contributed by atoms with E-state index in [4.69, 9.17) is 5.73 Å². The van der Waals surface area contributed by atoms with E-state index in [9.17, 15) is 13.2 Å². The van der Waals surface area contributed by atoms with Gasteiger partial charge in [0.1, 0.15) is 11.5 Å². The summed E-state index contributed by atoms with van der Waals surface area (Å²) in [5.74, 6) is 0.512. The SMILES string of the molecule is CC.Cc1nc(CN)cc(-c2ccc(C(F)(F)F)nc2)n1. The fraction of sp³-hybridized carbons (Fsp3) is 0.357. The summed E-state index contributed by atoms with van der Waals surface area (Å²) in [7, 11) is 0. The molecule has 0 aromatic carbocycles. The van der Waals surface area contributed by atoms with Gasteiger partial charge in [0, 0.05) is 18.3 Å². The molecule has 7 heteroatoms. The first-order valence-corrected chi connectivity index (χ1v) is 6.48. The van der Waals surface area contributed by atoms with Crippen LogP contribution in [0.1, 0.15) is 31.1 Å². The van der Waals surface area contributed by atoms with Crippen LogP contribution in [0, 0.1) is 6.92 Å². The van der Waals surface area contributed by atoms with Crippen LogP contribution in [0.15, 0.2) is 24.4 Å². The van der Waals surface area contributed by atoms with Crippen molar-refractivity contribution < 1.29 is 13.2 Å². The number of hydrogen-bond donors (Lipinski definition) is 1. The third-order valence-corrected chi connectivity index (χ3v) is 2.45. The minimum atomic E-state index is -4.44. The van der Waals surface area contributed by atoms with E-state index in [0.717, 1.165) is 12.3 Å². The first kappa shape index (κ1) is 17.0. The Labute approximate surface area is 121 Å². The van der Waals surface area contributed by atoms with Gasteiger partial charge in [-0.2, -0.15) is 13.2 Å². The highest BCUT2D eigenvalue weighted by molar-refractivity contribution is 5.58. The maximum absolute atomic E-state index is 12.4. The Morgan fingerprint density at radius 2 is 1.81 bits per heavy atom. The smallest absolute Gasteiger partial charge is 0.325 e. The fourth-order valence-electron chi connectivity index (χ4n) is 1.60. The summed E-state index contributed by atoms with van der Waals surface area (Å²) >= 11 is 0. The predicted molar refractivity (Wildman–Crippen MR) is 74.2 cm³/mol. The molecule has 114 valence electrons. The molecule has 0 saturated heterocycles. The van der Waals surface area contributed by atoms with E-state index in [-0.39, 0.29) is 6.54 Å². The molecule has 0 aliphatic rings. The van der Waals surface area contributed by atoms with Crippen molar-refractivity contribution in [2.75, 3.05) is 0 Å². The molecule has 0 radical (unpaired) electrons. The van der Waals surface area contributed by atoms with Gasteiger partial charge < -0.3 is 5.73 Å². The number of halogens is 3. The molecule has 0 spiro atoms. The van der Waals surface area contributed by atoms with Gasteiger partial charge in [-0.3, -0.25) is 4.98 Å². The van der Waals surface area contributed by atoms with Crippen molar-refractivity contribution in [2.24, 2.45) is 5.73 Å². The van der Waals surface area contributed by atoms with Gasteiger partial charge in [0.15, 0.2) is 0 Å². The summed E-state index contributed by atoms with van der Waals surface area (Å²) in [6, 6.07) is 3.89. The van der Waals surface area contributed by atoms with Crippen LogP contribution < -0.4 is 5.73 Å². The zero-order valence-corrected chi connectivity index (χ0v) is 12.1. The molecule has 2 aromatic heterocycles. The van der Waals surface area contributed by atoms with Crippen LogP contribution in [0.5, 0.6) is 0 Å². The van der Waals surface area contributed by atoms with Crippen LogP contribution in [0.25, 0.3) is 11.3 Å². The molecule has 0 amide bonds. The van der Waals surface area contributed by atoms with Crippen LogP contribution >= 0.6 is 0 Å². The van der Waals surface area contributed by atoms with Gasteiger partial charge in [0.05, 0.1) is 11.4 Å². The van der Waals surface area contributed by atoms with Crippen molar-refractivity contribution in [3.05, 3.63) is 41.6 Å². The molecule has 4 nitrogen and oxygen atoms in total. The van der Waals surface area contributed by atoms with Crippen LogP contribution in [0.3, 0.4) is 0 Å². The molecule has 2 heterocycles. The maximum Gasteiger partial charge on any atom is 0.433 e. The van der Waals surface area contributed by atoms with Crippen molar-refractivity contribution in [3.8, 4) is 11.3 Å². The zero-order chi connectivity index (χ0) is 16.0. The highest BCUT2D eigenvalue weighted by atomic mass is 19.4. The monoisotopic (exact) mass is 298 g/mol. The average Bonchev–Trinajstić information content (AvgIpc) is 2.48. The van der Waals surface area contributed by atoms with Gasteiger partial charge in [0.2, 0.25) is 0 Å². The molecular formula is C14H17F3N4. The molecule has 0 unspecified atom stereocenters. The van der Waals surface area contributed by atoms with Crippen molar-refractivity contribution in [1.29, 1.82) is 0 Å². The fourth-order valence-corrected chi connectivity index (χ4v) is 1.60. The molecule has 2 rings (SSSR count). The maximum atomic E-state index is 12.4.